The maximum absolute atomic E-state index is 9.24. The third-order valence-electron chi connectivity index (χ3n) is 2.33. The molecule has 0 amide bonds. The molecule has 0 saturated heterocycles. The van der Waals surface area contributed by atoms with Gasteiger partial charge in [-0.05, 0) is 30.7 Å². The van der Waals surface area contributed by atoms with Crippen LogP contribution < -0.4 is 0 Å². The molecule has 1 saturated carbocycles. The molecule has 0 aliphatic heterocycles. The van der Waals surface area contributed by atoms with Crippen LogP contribution in [-0.2, 0) is 0 Å². The van der Waals surface area contributed by atoms with Gasteiger partial charge in [-0.2, -0.15) is 0 Å². The molecule has 3 atom stereocenters. The first-order chi connectivity index (χ1) is 5.24. The summed E-state index contributed by atoms with van der Waals surface area (Å²) in [4.78, 5) is 2.76. The maximum atomic E-state index is 9.24. The third-order valence-corrected chi connectivity index (χ3v) is 2.33. The number of aliphatic hydroxyl groups is 1. The SMILES string of the molecule is C[C@H]1CC[C@@H](O)C[C@H]1N=[N+]=[N-]. The van der Waals surface area contributed by atoms with Gasteiger partial charge in [0.25, 0.3) is 0 Å². The summed E-state index contributed by atoms with van der Waals surface area (Å²) in [6.07, 6.45) is 2.18. The Bertz CT molecular complexity index is 177. The molecule has 0 aromatic carbocycles. The van der Waals surface area contributed by atoms with E-state index in [4.69, 9.17) is 5.53 Å². The van der Waals surface area contributed by atoms with Gasteiger partial charge in [0.05, 0.1) is 6.10 Å². The van der Waals surface area contributed by atoms with Crippen molar-refractivity contribution in [2.45, 2.75) is 38.3 Å². The van der Waals surface area contributed by atoms with Crippen LogP contribution >= 0.6 is 0 Å². The Morgan fingerprint density at radius 2 is 2.27 bits per heavy atom. The van der Waals surface area contributed by atoms with Gasteiger partial charge in [0.1, 0.15) is 0 Å². The summed E-state index contributed by atoms with van der Waals surface area (Å²) in [5.41, 5.74) is 8.20. The lowest BCUT2D eigenvalue weighted by Gasteiger charge is -2.28. The second-order valence-corrected chi connectivity index (χ2v) is 3.22. The summed E-state index contributed by atoms with van der Waals surface area (Å²) >= 11 is 0. The minimum Gasteiger partial charge on any atom is -0.393 e. The minimum atomic E-state index is -0.262. The zero-order chi connectivity index (χ0) is 8.27. The van der Waals surface area contributed by atoms with Crippen molar-refractivity contribution in [3.63, 3.8) is 0 Å². The van der Waals surface area contributed by atoms with Crippen LogP contribution in [0.2, 0.25) is 0 Å². The van der Waals surface area contributed by atoms with Crippen molar-refractivity contribution in [2.75, 3.05) is 0 Å². The fraction of sp³-hybridized carbons (Fsp3) is 1.00. The molecule has 4 heteroatoms. The summed E-state index contributed by atoms with van der Waals surface area (Å²) in [6.45, 7) is 2.06. The van der Waals surface area contributed by atoms with E-state index in [1.54, 1.807) is 0 Å². The predicted octanol–water partition coefficient (Wildman–Crippen LogP) is 1.85. The second-order valence-electron chi connectivity index (χ2n) is 3.22. The number of hydrogen-bond acceptors (Lipinski definition) is 2. The molecule has 0 aromatic heterocycles. The average Bonchev–Trinajstić information content (AvgIpc) is 1.98. The summed E-state index contributed by atoms with van der Waals surface area (Å²) in [5.74, 6) is 0.425. The van der Waals surface area contributed by atoms with E-state index in [1.165, 1.54) is 0 Å². The third kappa shape index (κ3) is 2.10. The fourth-order valence-electron chi connectivity index (χ4n) is 1.50. The number of hydrogen-bond donors (Lipinski definition) is 1. The van der Waals surface area contributed by atoms with Gasteiger partial charge in [-0.15, -0.1) is 0 Å². The molecule has 1 aliphatic carbocycles. The van der Waals surface area contributed by atoms with Gasteiger partial charge in [0, 0.05) is 11.0 Å². The van der Waals surface area contributed by atoms with Crippen LogP contribution in [-0.4, -0.2) is 17.3 Å². The monoisotopic (exact) mass is 155 g/mol. The van der Waals surface area contributed by atoms with Gasteiger partial charge < -0.3 is 5.11 Å². The maximum Gasteiger partial charge on any atom is 0.0544 e. The Hall–Kier alpha value is -0.730. The first-order valence-electron chi connectivity index (χ1n) is 3.96. The molecule has 62 valence electrons. The van der Waals surface area contributed by atoms with Crippen molar-refractivity contribution in [1.29, 1.82) is 0 Å². The Kier molecular flexibility index (Phi) is 2.74. The number of nitrogens with zero attached hydrogens (tertiary/aromatic N) is 3. The topological polar surface area (TPSA) is 69.0 Å². The van der Waals surface area contributed by atoms with Crippen molar-refractivity contribution in [2.24, 2.45) is 11.0 Å². The van der Waals surface area contributed by atoms with E-state index in [9.17, 15) is 5.11 Å². The van der Waals surface area contributed by atoms with Crippen molar-refractivity contribution in [1.82, 2.24) is 0 Å². The quantitative estimate of drug-likeness (QED) is 0.350. The van der Waals surface area contributed by atoms with Crippen LogP contribution in [0.5, 0.6) is 0 Å². The highest BCUT2D eigenvalue weighted by molar-refractivity contribution is 4.82. The molecule has 0 radical (unpaired) electrons. The van der Waals surface area contributed by atoms with Gasteiger partial charge in [-0.1, -0.05) is 12.0 Å². The van der Waals surface area contributed by atoms with Crippen LogP contribution in [0.4, 0.5) is 0 Å². The van der Waals surface area contributed by atoms with Crippen molar-refractivity contribution in [3.05, 3.63) is 10.4 Å². The lowest BCUT2D eigenvalue weighted by atomic mass is 9.85. The molecule has 1 fully saturated rings. The summed E-state index contributed by atoms with van der Waals surface area (Å²) in [7, 11) is 0. The molecule has 1 rings (SSSR count). The first kappa shape index (κ1) is 8.37. The van der Waals surface area contributed by atoms with E-state index < -0.39 is 0 Å². The minimum absolute atomic E-state index is 0.00347. The van der Waals surface area contributed by atoms with Gasteiger partial charge >= 0.3 is 0 Å². The highest BCUT2D eigenvalue weighted by Gasteiger charge is 2.25. The molecule has 0 aromatic rings. The molecular formula is C7H13N3O. The van der Waals surface area contributed by atoms with E-state index in [2.05, 4.69) is 16.9 Å². The highest BCUT2D eigenvalue weighted by atomic mass is 16.3. The molecule has 0 bridgehead atoms. The van der Waals surface area contributed by atoms with Crippen molar-refractivity contribution in [3.8, 4) is 0 Å². The van der Waals surface area contributed by atoms with Crippen molar-refractivity contribution >= 4 is 0 Å². The van der Waals surface area contributed by atoms with Gasteiger partial charge in [0.15, 0.2) is 0 Å². The predicted molar refractivity (Wildman–Crippen MR) is 42.0 cm³/mol. The largest absolute Gasteiger partial charge is 0.393 e. The fourth-order valence-corrected chi connectivity index (χ4v) is 1.50. The van der Waals surface area contributed by atoms with Crippen LogP contribution in [0.1, 0.15) is 26.2 Å². The standard InChI is InChI=1S/C7H13N3O/c1-5-2-3-6(11)4-7(5)9-10-8/h5-7,11H,2-4H2,1H3/t5-,6+,7+/m0/s1. The molecule has 11 heavy (non-hydrogen) atoms. The second kappa shape index (κ2) is 3.60. The normalized spacial score (nSPS) is 37.8. The molecule has 0 unspecified atom stereocenters. The number of aliphatic hydroxyl groups excluding tert-OH is 1. The Morgan fingerprint density at radius 1 is 1.55 bits per heavy atom. The zero-order valence-corrected chi connectivity index (χ0v) is 6.64. The summed E-state index contributed by atoms with van der Waals surface area (Å²) < 4.78 is 0. The van der Waals surface area contributed by atoms with Gasteiger partial charge in [0.2, 0.25) is 0 Å². The molecule has 1 N–H and O–H groups in total. The summed E-state index contributed by atoms with van der Waals surface area (Å²) in [5, 5.41) is 12.9. The smallest absolute Gasteiger partial charge is 0.0544 e. The highest BCUT2D eigenvalue weighted by Crippen LogP contribution is 2.26. The Morgan fingerprint density at radius 3 is 2.91 bits per heavy atom. The lowest BCUT2D eigenvalue weighted by Crippen LogP contribution is -2.28. The number of azide groups is 1. The lowest BCUT2D eigenvalue weighted by molar-refractivity contribution is 0.0998. The summed E-state index contributed by atoms with van der Waals surface area (Å²) in [6, 6.07) is 0.00347. The van der Waals surface area contributed by atoms with Gasteiger partial charge in [-0.3, -0.25) is 0 Å². The van der Waals surface area contributed by atoms with Crippen LogP contribution in [0.15, 0.2) is 5.11 Å². The number of rotatable bonds is 1. The van der Waals surface area contributed by atoms with E-state index in [0.29, 0.717) is 12.3 Å². The van der Waals surface area contributed by atoms with Gasteiger partial charge in [-0.25, -0.2) is 0 Å². The molecule has 0 spiro atoms. The molecular weight excluding hydrogens is 142 g/mol. The van der Waals surface area contributed by atoms with E-state index in [0.717, 1.165) is 12.8 Å². The van der Waals surface area contributed by atoms with Crippen LogP contribution in [0.3, 0.4) is 0 Å². The Balaban J connectivity index is 2.53. The van der Waals surface area contributed by atoms with Crippen molar-refractivity contribution < 1.29 is 5.11 Å². The molecule has 0 heterocycles. The van der Waals surface area contributed by atoms with Crippen LogP contribution in [0, 0.1) is 5.92 Å². The van der Waals surface area contributed by atoms with Crippen LogP contribution in [0.25, 0.3) is 10.4 Å². The first-order valence-corrected chi connectivity index (χ1v) is 3.96. The molecule has 1 aliphatic rings. The molecule has 4 nitrogen and oxygen atoms in total. The Labute approximate surface area is 65.9 Å². The van der Waals surface area contributed by atoms with E-state index >= 15 is 0 Å². The van der Waals surface area contributed by atoms with E-state index in [1.807, 2.05) is 0 Å². The van der Waals surface area contributed by atoms with E-state index in [-0.39, 0.29) is 12.1 Å². The average molecular weight is 155 g/mol. The zero-order valence-electron chi connectivity index (χ0n) is 6.64.